The van der Waals surface area contributed by atoms with E-state index in [0.29, 0.717) is 5.82 Å². The third-order valence-corrected chi connectivity index (χ3v) is 8.05. The topological polar surface area (TPSA) is 34.0 Å². The summed E-state index contributed by atoms with van der Waals surface area (Å²) in [5, 5.41) is 4.98. The molecule has 4 heteroatoms. The van der Waals surface area contributed by atoms with Crippen molar-refractivity contribution in [1.29, 1.82) is 0 Å². The molecule has 0 aliphatic heterocycles. The number of rotatable bonds is 12. The SMILES string of the molecule is CCCCc1ccc(N(c2ccc(CCCC)cc2)c2ccc(-n3nc(-c4ccccc4)nc3-c3ccccc3)cc2)cc1. The molecule has 0 saturated carbocycles. The van der Waals surface area contributed by atoms with Gasteiger partial charge in [-0.3, -0.25) is 0 Å². The lowest BCUT2D eigenvalue weighted by Crippen LogP contribution is -2.10. The third-order valence-electron chi connectivity index (χ3n) is 8.05. The van der Waals surface area contributed by atoms with Gasteiger partial charge in [0.1, 0.15) is 0 Å². The standard InChI is InChI=1S/C40H40N4/c1-3-5-13-31-19-23-35(24-20-31)43(36-25-21-32(22-26-36)14-6-4-2)37-27-29-38(30-28-37)44-40(34-17-11-8-12-18-34)41-39(42-44)33-15-9-7-10-16-33/h7-12,15-30H,3-6,13-14H2,1-2H3. The average Bonchev–Trinajstić information content (AvgIpc) is 3.55. The normalized spacial score (nSPS) is 11.0. The molecule has 0 spiro atoms. The summed E-state index contributed by atoms with van der Waals surface area (Å²) in [4.78, 5) is 7.32. The van der Waals surface area contributed by atoms with Crippen molar-refractivity contribution in [3.63, 3.8) is 0 Å². The lowest BCUT2D eigenvalue weighted by atomic mass is 10.1. The number of aromatic nitrogens is 3. The van der Waals surface area contributed by atoms with E-state index in [1.165, 1.54) is 36.8 Å². The molecule has 1 aromatic heterocycles. The summed E-state index contributed by atoms with van der Waals surface area (Å²) in [6, 6.07) is 47.2. The number of benzene rings is 5. The molecule has 44 heavy (non-hydrogen) atoms. The van der Waals surface area contributed by atoms with Crippen LogP contribution >= 0.6 is 0 Å². The molecule has 0 bridgehead atoms. The maximum atomic E-state index is 4.98. The van der Waals surface area contributed by atoms with Crippen LogP contribution in [0.4, 0.5) is 17.1 Å². The van der Waals surface area contributed by atoms with E-state index in [0.717, 1.165) is 52.5 Å². The fourth-order valence-electron chi connectivity index (χ4n) is 5.55. The van der Waals surface area contributed by atoms with E-state index in [9.17, 15) is 0 Å². The van der Waals surface area contributed by atoms with E-state index in [1.807, 2.05) is 41.1 Å². The second-order valence-electron chi connectivity index (χ2n) is 11.3. The third kappa shape index (κ3) is 6.65. The smallest absolute Gasteiger partial charge is 0.182 e. The van der Waals surface area contributed by atoms with Crippen LogP contribution in [0.15, 0.2) is 133 Å². The molecular weight excluding hydrogens is 536 g/mol. The minimum Gasteiger partial charge on any atom is -0.311 e. The molecule has 0 atom stereocenters. The predicted molar refractivity (Wildman–Crippen MR) is 184 cm³/mol. The van der Waals surface area contributed by atoms with Crippen LogP contribution in [0.2, 0.25) is 0 Å². The fraction of sp³-hybridized carbons (Fsp3) is 0.200. The summed E-state index contributed by atoms with van der Waals surface area (Å²) in [5.41, 5.74) is 9.15. The minimum absolute atomic E-state index is 0.710. The Hall–Kier alpha value is -4.96. The lowest BCUT2D eigenvalue weighted by molar-refractivity contribution is 0.795. The Morgan fingerprint density at radius 1 is 0.523 bits per heavy atom. The largest absolute Gasteiger partial charge is 0.311 e. The Bertz CT molecular complexity index is 1690. The highest BCUT2D eigenvalue weighted by molar-refractivity contribution is 5.77. The average molecular weight is 577 g/mol. The van der Waals surface area contributed by atoms with Crippen LogP contribution in [0.25, 0.3) is 28.5 Å². The number of hydrogen-bond donors (Lipinski definition) is 0. The summed E-state index contributed by atoms with van der Waals surface area (Å²) in [6.07, 6.45) is 7.06. The summed E-state index contributed by atoms with van der Waals surface area (Å²) < 4.78 is 1.96. The molecular formula is C40H40N4. The molecule has 0 radical (unpaired) electrons. The van der Waals surface area contributed by atoms with Crippen molar-refractivity contribution >= 4 is 17.1 Å². The van der Waals surface area contributed by atoms with Gasteiger partial charge >= 0.3 is 0 Å². The van der Waals surface area contributed by atoms with Gasteiger partial charge in [0.15, 0.2) is 11.6 Å². The zero-order chi connectivity index (χ0) is 30.1. The number of hydrogen-bond acceptors (Lipinski definition) is 3. The first kappa shape index (κ1) is 29.1. The Kier molecular flexibility index (Phi) is 9.27. The molecule has 6 aromatic rings. The zero-order valence-corrected chi connectivity index (χ0v) is 25.7. The van der Waals surface area contributed by atoms with E-state index < -0.39 is 0 Å². The molecule has 0 saturated heterocycles. The van der Waals surface area contributed by atoms with Crippen molar-refractivity contribution in [1.82, 2.24) is 14.8 Å². The minimum atomic E-state index is 0.710. The summed E-state index contributed by atoms with van der Waals surface area (Å²) >= 11 is 0. The fourth-order valence-corrected chi connectivity index (χ4v) is 5.55. The van der Waals surface area contributed by atoms with Crippen LogP contribution < -0.4 is 4.90 Å². The van der Waals surface area contributed by atoms with E-state index in [1.54, 1.807) is 0 Å². The Labute approximate surface area is 261 Å². The molecule has 5 aromatic carbocycles. The first-order valence-corrected chi connectivity index (χ1v) is 15.9. The van der Waals surface area contributed by atoms with Crippen LogP contribution in [0.1, 0.15) is 50.7 Å². The van der Waals surface area contributed by atoms with Crippen molar-refractivity contribution in [2.75, 3.05) is 4.90 Å². The lowest BCUT2D eigenvalue weighted by Gasteiger charge is -2.26. The number of anilines is 3. The first-order chi connectivity index (χ1) is 21.7. The molecule has 0 aliphatic rings. The quantitative estimate of drug-likeness (QED) is 0.145. The molecule has 0 aliphatic carbocycles. The van der Waals surface area contributed by atoms with Gasteiger partial charge < -0.3 is 4.90 Å². The maximum absolute atomic E-state index is 4.98. The number of aryl methyl sites for hydroxylation is 2. The zero-order valence-electron chi connectivity index (χ0n) is 25.7. The molecule has 0 unspecified atom stereocenters. The summed E-state index contributed by atoms with van der Waals surface area (Å²) in [5.74, 6) is 1.53. The Morgan fingerprint density at radius 3 is 1.45 bits per heavy atom. The molecule has 4 nitrogen and oxygen atoms in total. The van der Waals surface area contributed by atoms with Gasteiger partial charge in [-0.25, -0.2) is 9.67 Å². The molecule has 0 amide bonds. The number of unbranched alkanes of at least 4 members (excludes halogenated alkanes) is 2. The van der Waals surface area contributed by atoms with Gasteiger partial charge in [-0.1, -0.05) is 112 Å². The van der Waals surface area contributed by atoms with Crippen LogP contribution in [0.5, 0.6) is 0 Å². The highest BCUT2D eigenvalue weighted by atomic mass is 15.4. The molecule has 6 rings (SSSR count). The van der Waals surface area contributed by atoms with Gasteiger partial charge in [0, 0.05) is 28.2 Å². The van der Waals surface area contributed by atoms with E-state index in [4.69, 9.17) is 10.1 Å². The highest BCUT2D eigenvalue weighted by Crippen LogP contribution is 2.36. The molecule has 0 fully saturated rings. The first-order valence-electron chi connectivity index (χ1n) is 15.9. The van der Waals surface area contributed by atoms with Crippen LogP contribution in [-0.4, -0.2) is 14.8 Å². The van der Waals surface area contributed by atoms with Crippen LogP contribution in [0.3, 0.4) is 0 Å². The number of nitrogens with zero attached hydrogens (tertiary/aromatic N) is 4. The van der Waals surface area contributed by atoms with E-state index in [2.05, 4.69) is 116 Å². The van der Waals surface area contributed by atoms with Crippen molar-refractivity contribution in [2.24, 2.45) is 0 Å². The van der Waals surface area contributed by atoms with Gasteiger partial charge in [0.05, 0.1) is 5.69 Å². The van der Waals surface area contributed by atoms with Crippen molar-refractivity contribution in [3.05, 3.63) is 145 Å². The van der Waals surface area contributed by atoms with E-state index >= 15 is 0 Å². The molecule has 220 valence electrons. The predicted octanol–water partition coefficient (Wildman–Crippen LogP) is 10.8. The Morgan fingerprint density at radius 2 is 0.977 bits per heavy atom. The highest BCUT2D eigenvalue weighted by Gasteiger charge is 2.17. The van der Waals surface area contributed by atoms with Gasteiger partial charge in [0.2, 0.25) is 0 Å². The molecule has 1 heterocycles. The van der Waals surface area contributed by atoms with Gasteiger partial charge in [0.25, 0.3) is 0 Å². The van der Waals surface area contributed by atoms with E-state index in [-0.39, 0.29) is 0 Å². The monoisotopic (exact) mass is 576 g/mol. The van der Waals surface area contributed by atoms with Crippen molar-refractivity contribution in [2.45, 2.75) is 52.4 Å². The van der Waals surface area contributed by atoms with Gasteiger partial charge in [-0.05, 0) is 85.3 Å². The van der Waals surface area contributed by atoms with Gasteiger partial charge in [-0.15, -0.1) is 5.10 Å². The summed E-state index contributed by atoms with van der Waals surface area (Å²) in [6.45, 7) is 4.49. The maximum Gasteiger partial charge on any atom is 0.182 e. The Balaban J connectivity index is 1.38. The van der Waals surface area contributed by atoms with Crippen LogP contribution in [0, 0.1) is 0 Å². The second kappa shape index (κ2) is 14.0. The molecule has 0 N–H and O–H groups in total. The van der Waals surface area contributed by atoms with Gasteiger partial charge in [-0.2, -0.15) is 0 Å². The summed E-state index contributed by atoms with van der Waals surface area (Å²) in [7, 11) is 0. The van der Waals surface area contributed by atoms with Crippen molar-refractivity contribution < 1.29 is 0 Å². The second-order valence-corrected chi connectivity index (χ2v) is 11.3. The van der Waals surface area contributed by atoms with Crippen LogP contribution in [-0.2, 0) is 12.8 Å². The van der Waals surface area contributed by atoms with Crippen molar-refractivity contribution in [3.8, 4) is 28.5 Å².